The lowest BCUT2D eigenvalue weighted by molar-refractivity contribution is -0.126. The molecule has 6 heteroatoms. The SMILES string of the molecule is COc1ccc2c(c1)CC(C(=O)NCC(N)c1ccc(C(C)C)cc1)CO2.Cl. The molecule has 2 unspecified atom stereocenters. The summed E-state index contributed by atoms with van der Waals surface area (Å²) in [7, 11) is 1.63. The monoisotopic (exact) mass is 404 g/mol. The minimum Gasteiger partial charge on any atom is -0.497 e. The summed E-state index contributed by atoms with van der Waals surface area (Å²) in [5.74, 6) is 1.83. The Bertz CT molecular complexity index is 793. The Morgan fingerprint density at radius 1 is 1.21 bits per heavy atom. The Balaban J connectivity index is 0.00000280. The van der Waals surface area contributed by atoms with E-state index in [-0.39, 0.29) is 30.3 Å². The lowest BCUT2D eigenvalue weighted by atomic mass is 9.95. The third-order valence-corrected chi connectivity index (χ3v) is 5.07. The third-order valence-electron chi connectivity index (χ3n) is 5.07. The molecule has 0 spiro atoms. The molecule has 3 rings (SSSR count). The fraction of sp³-hybridized carbons (Fsp3) is 0.409. The van der Waals surface area contributed by atoms with Gasteiger partial charge in [-0.25, -0.2) is 0 Å². The first kappa shape index (κ1) is 22.1. The second-order valence-corrected chi connectivity index (χ2v) is 7.36. The Morgan fingerprint density at radius 2 is 1.89 bits per heavy atom. The summed E-state index contributed by atoms with van der Waals surface area (Å²) in [4.78, 5) is 12.6. The highest BCUT2D eigenvalue weighted by Crippen LogP contribution is 2.30. The molecule has 1 heterocycles. The molecule has 0 bridgehead atoms. The maximum atomic E-state index is 12.6. The fourth-order valence-electron chi connectivity index (χ4n) is 3.27. The van der Waals surface area contributed by atoms with Crippen LogP contribution >= 0.6 is 12.4 Å². The molecule has 2 aromatic rings. The first-order chi connectivity index (χ1) is 13.0. The number of carbonyl (C=O) groups is 1. The molecule has 3 N–H and O–H groups in total. The van der Waals surface area contributed by atoms with Crippen LogP contribution < -0.4 is 20.5 Å². The van der Waals surface area contributed by atoms with Crippen molar-refractivity contribution in [3.63, 3.8) is 0 Å². The molecule has 1 aliphatic heterocycles. The first-order valence-corrected chi connectivity index (χ1v) is 9.40. The molecule has 1 aliphatic rings. The van der Waals surface area contributed by atoms with Crippen LogP contribution in [0.4, 0.5) is 0 Å². The van der Waals surface area contributed by atoms with E-state index >= 15 is 0 Å². The number of carbonyl (C=O) groups excluding carboxylic acids is 1. The average Bonchev–Trinajstić information content (AvgIpc) is 2.70. The molecule has 0 radical (unpaired) electrons. The molecule has 0 fully saturated rings. The van der Waals surface area contributed by atoms with E-state index in [2.05, 4.69) is 31.3 Å². The summed E-state index contributed by atoms with van der Waals surface area (Å²) >= 11 is 0. The van der Waals surface area contributed by atoms with Gasteiger partial charge in [-0.15, -0.1) is 12.4 Å². The molecule has 2 atom stereocenters. The zero-order chi connectivity index (χ0) is 19.4. The maximum absolute atomic E-state index is 12.6. The van der Waals surface area contributed by atoms with Crippen LogP contribution in [0.3, 0.4) is 0 Å². The van der Waals surface area contributed by atoms with Crippen molar-refractivity contribution in [3.8, 4) is 11.5 Å². The second kappa shape index (κ2) is 9.80. The molecule has 5 nitrogen and oxygen atoms in total. The summed E-state index contributed by atoms with van der Waals surface area (Å²) in [5.41, 5.74) is 9.55. The van der Waals surface area contributed by atoms with Crippen molar-refractivity contribution in [3.05, 3.63) is 59.2 Å². The molecule has 0 saturated carbocycles. The van der Waals surface area contributed by atoms with Crippen LogP contribution in [-0.4, -0.2) is 26.2 Å². The largest absolute Gasteiger partial charge is 0.497 e. The Labute approximate surface area is 173 Å². The molecule has 0 aliphatic carbocycles. The van der Waals surface area contributed by atoms with Gasteiger partial charge in [0.25, 0.3) is 0 Å². The van der Waals surface area contributed by atoms with E-state index in [9.17, 15) is 4.79 Å². The average molecular weight is 405 g/mol. The predicted octanol–water partition coefficient (Wildman–Crippen LogP) is 3.61. The van der Waals surface area contributed by atoms with Gasteiger partial charge in [-0.3, -0.25) is 4.79 Å². The van der Waals surface area contributed by atoms with Crippen LogP contribution in [0, 0.1) is 5.92 Å². The van der Waals surface area contributed by atoms with Gasteiger partial charge in [0, 0.05) is 12.6 Å². The van der Waals surface area contributed by atoms with Gasteiger partial charge in [0.2, 0.25) is 5.91 Å². The number of benzene rings is 2. The number of fused-ring (bicyclic) bond motifs is 1. The summed E-state index contributed by atoms with van der Waals surface area (Å²) in [5, 5.41) is 2.97. The Morgan fingerprint density at radius 3 is 2.54 bits per heavy atom. The standard InChI is InChI=1S/C22H28N2O3.ClH/c1-14(2)15-4-6-16(7-5-15)20(23)12-24-22(25)18-10-17-11-19(26-3)8-9-21(17)27-13-18;/h4-9,11,14,18,20H,10,12-13,23H2,1-3H3,(H,24,25);1H. The number of hydrogen-bond acceptors (Lipinski definition) is 4. The zero-order valence-corrected chi connectivity index (χ0v) is 17.4. The maximum Gasteiger partial charge on any atom is 0.226 e. The first-order valence-electron chi connectivity index (χ1n) is 9.40. The number of ether oxygens (including phenoxy) is 2. The summed E-state index contributed by atoms with van der Waals surface area (Å²) in [6.45, 7) is 5.11. The summed E-state index contributed by atoms with van der Waals surface area (Å²) in [6.07, 6.45) is 0.636. The van der Waals surface area contributed by atoms with Gasteiger partial charge >= 0.3 is 0 Å². The van der Waals surface area contributed by atoms with Crippen molar-refractivity contribution >= 4 is 18.3 Å². The van der Waals surface area contributed by atoms with Crippen LogP contribution in [0.2, 0.25) is 0 Å². The number of amides is 1. The van der Waals surface area contributed by atoms with Crippen LogP contribution in [0.5, 0.6) is 11.5 Å². The van der Waals surface area contributed by atoms with E-state index in [1.807, 2.05) is 30.3 Å². The second-order valence-electron chi connectivity index (χ2n) is 7.36. The van der Waals surface area contributed by atoms with Gasteiger partial charge in [0.15, 0.2) is 0 Å². The lowest BCUT2D eigenvalue weighted by Gasteiger charge is -2.25. The van der Waals surface area contributed by atoms with Gasteiger partial charge in [-0.2, -0.15) is 0 Å². The van der Waals surface area contributed by atoms with E-state index in [4.69, 9.17) is 15.2 Å². The van der Waals surface area contributed by atoms with Crippen molar-refractivity contribution in [2.24, 2.45) is 11.7 Å². The number of nitrogens with two attached hydrogens (primary N) is 1. The highest BCUT2D eigenvalue weighted by Gasteiger charge is 2.26. The van der Waals surface area contributed by atoms with Crippen molar-refractivity contribution in [2.75, 3.05) is 20.3 Å². The van der Waals surface area contributed by atoms with Crippen LogP contribution in [0.25, 0.3) is 0 Å². The lowest BCUT2D eigenvalue weighted by Crippen LogP contribution is -2.40. The van der Waals surface area contributed by atoms with Crippen LogP contribution in [0.15, 0.2) is 42.5 Å². The molecule has 2 aromatic carbocycles. The minimum atomic E-state index is -0.230. The van der Waals surface area contributed by atoms with E-state index in [1.165, 1.54) is 5.56 Å². The molecular weight excluding hydrogens is 376 g/mol. The van der Waals surface area contributed by atoms with Gasteiger partial charge in [0.05, 0.1) is 13.0 Å². The number of nitrogens with one attached hydrogen (secondary N) is 1. The molecule has 28 heavy (non-hydrogen) atoms. The van der Waals surface area contributed by atoms with Crippen LogP contribution in [-0.2, 0) is 11.2 Å². The van der Waals surface area contributed by atoms with Crippen molar-refractivity contribution in [1.29, 1.82) is 0 Å². The van der Waals surface area contributed by atoms with Crippen molar-refractivity contribution in [2.45, 2.75) is 32.2 Å². The highest BCUT2D eigenvalue weighted by molar-refractivity contribution is 5.85. The number of hydrogen-bond donors (Lipinski definition) is 2. The fourth-order valence-corrected chi connectivity index (χ4v) is 3.27. The number of methoxy groups -OCH3 is 1. The van der Waals surface area contributed by atoms with E-state index in [0.29, 0.717) is 25.5 Å². The van der Waals surface area contributed by atoms with Gasteiger partial charge in [-0.1, -0.05) is 38.1 Å². The van der Waals surface area contributed by atoms with Crippen LogP contribution in [0.1, 0.15) is 42.5 Å². The Hall–Kier alpha value is -2.24. The van der Waals surface area contributed by atoms with Gasteiger partial charge in [-0.05, 0) is 47.2 Å². The minimum absolute atomic E-state index is 0. The van der Waals surface area contributed by atoms with Crippen molar-refractivity contribution in [1.82, 2.24) is 5.32 Å². The summed E-state index contributed by atoms with van der Waals surface area (Å²) < 4.78 is 11.0. The third kappa shape index (κ3) is 5.18. The normalized spacial score (nSPS) is 16.4. The Kier molecular flexibility index (Phi) is 7.72. The molecule has 0 aromatic heterocycles. The topological polar surface area (TPSA) is 73.6 Å². The molecular formula is C22H29ClN2O3. The predicted molar refractivity (Wildman–Crippen MR) is 113 cm³/mol. The zero-order valence-electron chi connectivity index (χ0n) is 16.6. The van der Waals surface area contributed by atoms with E-state index < -0.39 is 0 Å². The molecule has 0 saturated heterocycles. The smallest absolute Gasteiger partial charge is 0.226 e. The van der Waals surface area contributed by atoms with E-state index in [0.717, 1.165) is 22.6 Å². The summed E-state index contributed by atoms with van der Waals surface area (Å²) in [6, 6.07) is 13.7. The highest BCUT2D eigenvalue weighted by atomic mass is 35.5. The number of halogens is 1. The van der Waals surface area contributed by atoms with E-state index in [1.54, 1.807) is 7.11 Å². The molecule has 1 amide bonds. The number of rotatable bonds is 6. The van der Waals surface area contributed by atoms with Gasteiger partial charge in [0.1, 0.15) is 18.1 Å². The van der Waals surface area contributed by atoms with Crippen molar-refractivity contribution < 1.29 is 14.3 Å². The van der Waals surface area contributed by atoms with Gasteiger partial charge < -0.3 is 20.5 Å². The quantitative estimate of drug-likeness (QED) is 0.771. The molecule has 152 valence electrons.